The molecule has 0 radical (unpaired) electrons. The molecule has 0 spiro atoms. The van der Waals surface area contributed by atoms with Gasteiger partial charge in [0.15, 0.2) is 0 Å². The van der Waals surface area contributed by atoms with Gasteiger partial charge in [0, 0.05) is 31.6 Å². The predicted molar refractivity (Wildman–Crippen MR) is 65.2 cm³/mol. The number of nitrogens with zero attached hydrogens (tertiary/aromatic N) is 1. The van der Waals surface area contributed by atoms with Crippen LogP contribution in [0.2, 0.25) is 0 Å². The molecule has 1 N–H and O–H groups in total. The summed E-state index contributed by atoms with van der Waals surface area (Å²) in [5.74, 6) is -2.87. The van der Waals surface area contributed by atoms with Gasteiger partial charge in [0.25, 0.3) is 5.92 Å². The van der Waals surface area contributed by atoms with E-state index in [1.54, 1.807) is 11.8 Å². The molecule has 1 aliphatic rings. The SMILES string of the molecule is C=C(CN1CCC(F)(F)C1)C(=O)NCC.CC. The molecule has 17 heavy (non-hydrogen) atoms. The van der Waals surface area contributed by atoms with Crippen molar-refractivity contribution in [2.45, 2.75) is 33.1 Å². The third kappa shape index (κ3) is 5.77. The molecule has 100 valence electrons. The predicted octanol–water partition coefficient (Wildman–Crippen LogP) is 2.05. The normalized spacial score (nSPS) is 18.2. The molecule has 1 aliphatic heterocycles. The zero-order valence-electron chi connectivity index (χ0n) is 10.9. The molecule has 0 aromatic rings. The van der Waals surface area contributed by atoms with Crippen molar-refractivity contribution < 1.29 is 13.6 Å². The Bertz CT molecular complexity index is 267. The van der Waals surface area contributed by atoms with E-state index in [0.29, 0.717) is 18.7 Å². The van der Waals surface area contributed by atoms with E-state index < -0.39 is 5.92 Å². The number of rotatable bonds is 4. The minimum atomic E-state index is -2.61. The lowest BCUT2D eigenvalue weighted by atomic mass is 10.2. The molecule has 1 heterocycles. The van der Waals surface area contributed by atoms with Crippen LogP contribution in [0.4, 0.5) is 8.78 Å². The van der Waals surface area contributed by atoms with E-state index in [1.165, 1.54) is 0 Å². The molecule has 1 fully saturated rings. The molecule has 0 saturated carbocycles. The monoisotopic (exact) mass is 248 g/mol. The van der Waals surface area contributed by atoms with E-state index in [0.717, 1.165) is 0 Å². The molecule has 5 heteroatoms. The summed E-state index contributed by atoms with van der Waals surface area (Å²) in [5.41, 5.74) is 0.342. The van der Waals surface area contributed by atoms with Crippen molar-refractivity contribution in [3.05, 3.63) is 12.2 Å². The minimum absolute atomic E-state index is 0.129. The molecule has 3 nitrogen and oxygen atoms in total. The Kier molecular flexibility index (Phi) is 6.95. The van der Waals surface area contributed by atoms with E-state index in [-0.39, 0.29) is 25.4 Å². The van der Waals surface area contributed by atoms with Gasteiger partial charge in [-0.25, -0.2) is 8.78 Å². The fourth-order valence-corrected chi connectivity index (χ4v) is 1.57. The molecule has 0 aromatic heterocycles. The second-order valence-electron chi connectivity index (χ2n) is 3.78. The first kappa shape index (κ1) is 16.0. The Hall–Kier alpha value is -0.970. The van der Waals surface area contributed by atoms with Crippen molar-refractivity contribution in [1.29, 1.82) is 0 Å². The summed E-state index contributed by atoms with van der Waals surface area (Å²) in [5, 5.41) is 2.59. The molecule has 0 bridgehead atoms. The van der Waals surface area contributed by atoms with Gasteiger partial charge >= 0.3 is 0 Å². The van der Waals surface area contributed by atoms with E-state index >= 15 is 0 Å². The van der Waals surface area contributed by atoms with Crippen molar-refractivity contribution in [2.24, 2.45) is 0 Å². The third-order valence-corrected chi connectivity index (χ3v) is 2.32. The summed E-state index contributed by atoms with van der Waals surface area (Å²) in [7, 11) is 0. The number of nitrogens with one attached hydrogen (secondary N) is 1. The number of carbonyl (C=O) groups excluding carboxylic acids is 1. The molecule has 0 unspecified atom stereocenters. The van der Waals surface area contributed by atoms with E-state index in [2.05, 4.69) is 11.9 Å². The zero-order chi connectivity index (χ0) is 13.5. The second kappa shape index (κ2) is 7.37. The first-order valence-corrected chi connectivity index (χ1v) is 6.01. The van der Waals surface area contributed by atoms with Gasteiger partial charge in [-0.05, 0) is 6.92 Å². The summed E-state index contributed by atoms with van der Waals surface area (Å²) in [6.07, 6.45) is -0.129. The van der Waals surface area contributed by atoms with Crippen molar-refractivity contribution in [3.63, 3.8) is 0 Å². The lowest BCUT2D eigenvalue weighted by Gasteiger charge is -2.16. The molecule has 1 amide bonds. The van der Waals surface area contributed by atoms with Crippen LogP contribution in [0.15, 0.2) is 12.2 Å². The Morgan fingerprint density at radius 3 is 2.47 bits per heavy atom. The van der Waals surface area contributed by atoms with Gasteiger partial charge in [-0.2, -0.15) is 0 Å². The van der Waals surface area contributed by atoms with Gasteiger partial charge in [-0.15, -0.1) is 0 Å². The van der Waals surface area contributed by atoms with Gasteiger partial charge < -0.3 is 5.32 Å². The fraction of sp³-hybridized carbons (Fsp3) is 0.750. The molecule has 1 saturated heterocycles. The smallest absolute Gasteiger partial charge is 0.261 e. The van der Waals surface area contributed by atoms with Crippen LogP contribution in [-0.4, -0.2) is 42.9 Å². The molecule has 0 aromatic carbocycles. The summed E-state index contributed by atoms with van der Waals surface area (Å²) >= 11 is 0. The van der Waals surface area contributed by atoms with Crippen LogP contribution in [0.1, 0.15) is 27.2 Å². The number of likely N-dealkylation sites (tertiary alicyclic amines) is 1. The third-order valence-electron chi connectivity index (χ3n) is 2.32. The van der Waals surface area contributed by atoms with Gasteiger partial charge in [0.2, 0.25) is 5.91 Å². The fourth-order valence-electron chi connectivity index (χ4n) is 1.57. The highest BCUT2D eigenvalue weighted by Crippen LogP contribution is 2.26. The van der Waals surface area contributed by atoms with Crippen molar-refractivity contribution in [3.8, 4) is 0 Å². The molecule has 1 rings (SSSR count). The number of likely N-dealkylation sites (N-methyl/N-ethyl adjacent to an activating group) is 1. The molecular weight excluding hydrogens is 226 g/mol. The molecule has 0 aliphatic carbocycles. The summed E-state index contributed by atoms with van der Waals surface area (Å²) in [6.45, 7) is 10.2. The van der Waals surface area contributed by atoms with E-state index in [9.17, 15) is 13.6 Å². The van der Waals surface area contributed by atoms with E-state index in [1.807, 2.05) is 13.8 Å². The number of alkyl halides is 2. The van der Waals surface area contributed by atoms with Gasteiger partial charge in [-0.3, -0.25) is 9.69 Å². The quantitative estimate of drug-likeness (QED) is 0.772. The van der Waals surface area contributed by atoms with Crippen LogP contribution in [0, 0.1) is 0 Å². The van der Waals surface area contributed by atoms with Crippen LogP contribution >= 0.6 is 0 Å². The van der Waals surface area contributed by atoms with Crippen molar-refractivity contribution >= 4 is 5.91 Å². The average Bonchev–Trinajstić information content (AvgIpc) is 2.61. The lowest BCUT2D eigenvalue weighted by Crippen LogP contribution is -2.32. The van der Waals surface area contributed by atoms with Gasteiger partial charge in [-0.1, -0.05) is 20.4 Å². The Labute approximate surface area is 102 Å². The summed E-state index contributed by atoms with van der Waals surface area (Å²) in [4.78, 5) is 12.8. The first-order valence-electron chi connectivity index (χ1n) is 6.01. The largest absolute Gasteiger partial charge is 0.353 e. The van der Waals surface area contributed by atoms with Gasteiger partial charge in [0.1, 0.15) is 0 Å². The highest BCUT2D eigenvalue weighted by atomic mass is 19.3. The molecular formula is C12H22F2N2O. The summed E-state index contributed by atoms with van der Waals surface area (Å²) in [6, 6.07) is 0. The number of halogens is 2. The Morgan fingerprint density at radius 1 is 1.47 bits per heavy atom. The van der Waals surface area contributed by atoms with Crippen LogP contribution in [0.25, 0.3) is 0 Å². The topological polar surface area (TPSA) is 32.3 Å². The van der Waals surface area contributed by atoms with Crippen LogP contribution in [0.3, 0.4) is 0 Å². The standard InChI is InChI=1S/C10H16F2N2O.C2H6/c1-3-13-9(15)8(2)6-14-5-4-10(11,12)7-14;1-2/h2-7H2,1H3,(H,13,15);1-2H3. The lowest BCUT2D eigenvalue weighted by molar-refractivity contribution is -0.117. The van der Waals surface area contributed by atoms with Crippen molar-refractivity contribution in [2.75, 3.05) is 26.2 Å². The van der Waals surface area contributed by atoms with Crippen LogP contribution < -0.4 is 5.32 Å². The highest BCUT2D eigenvalue weighted by molar-refractivity contribution is 5.93. The molecule has 0 atom stereocenters. The Morgan fingerprint density at radius 2 is 2.06 bits per heavy atom. The number of amides is 1. The number of hydrogen-bond acceptors (Lipinski definition) is 2. The maximum atomic E-state index is 12.8. The van der Waals surface area contributed by atoms with Crippen molar-refractivity contribution in [1.82, 2.24) is 10.2 Å². The highest BCUT2D eigenvalue weighted by Gasteiger charge is 2.38. The average molecular weight is 248 g/mol. The maximum absolute atomic E-state index is 12.8. The van der Waals surface area contributed by atoms with Crippen LogP contribution in [0.5, 0.6) is 0 Å². The van der Waals surface area contributed by atoms with Gasteiger partial charge in [0.05, 0.1) is 6.54 Å². The Balaban J connectivity index is 0.00000121. The van der Waals surface area contributed by atoms with Crippen LogP contribution in [-0.2, 0) is 4.79 Å². The minimum Gasteiger partial charge on any atom is -0.353 e. The second-order valence-corrected chi connectivity index (χ2v) is 3.78. The number of carbonyl (C=O) groups is 1. The zero-order valence-corrected chi connectivity index (χ0v) is 10.9. The summed E-state index contributed by atoms with van der Waals surface area (Å²) < 4.78 is 25.6. The maximum Gasteiger partial charge on any atom is 0.261 e. The van der Waals surface area contributed by atoms with E-state index in [4.69, 9.17) is 0 Å². The number of hydrogen-bond donors (Lipinski definition) is 1. The first-order chi connectivity index (χ1) is 7.94.